The lowest BCUT2D eigenvalue weighted by molar-refractivity contribution is -0.136. The second-order valence-electron chi connectivity index (χ2n) is 10.1. The first-order valence-electron chi connectivity index (χ1n) is 12.9. The van der Waals surface area contributed by atoms with Gasteiger partial charge in [-0.25, -0.2) is 9.79 Å². The quantitative estimate of drug-likeness (QED) is 0.543. The van der Waals surface area contributed by atoms with Gasteiger partial charge in [0, 0.05) is 52.5 Å². The van der Waals surface area contributed by atoms with Crippen molar-refractivity contribution in [2.24, 2.45) is 4.99 Å². The number of amides is 3. The molecule has 0 aliphatic carbocycles. The van der Waals surface area contributed by atoms with Crippen LogP contribution in [0.2, 0.25) is 0 Å². The highest BCUT2D eigenvalue weighted by molar-refractivity contribution is 6.04. The van der Waals surface area contributed by atoms with Crippen LogP contribution in [-0.4, -0.2) is 96.4 Å². The molecule has 2 unspecified atom stereocenters. The molecule has 3 aromatic carbocycles. The van der Waals surface area contributed by atoms with Gasteiger partial charge in [-0.15, -0.1) is 0 Å². The van der Waals surface area contributed by atoms with Gasteiger partial charge in [0.05, 0.1) is 6.54 Å². The average molecular weight is 497 g/mol. The molecule has 8 heteroatoms. The summed E-state index contributed by atoms with van der Waals surface area (Å²) < 4.78 is 0. The zero-order valence-electron chi connectivity index (χ0n) is 21.3. The van der Waals surface area contributed by atoms with Crippen molar-refractivity contribution in [2.45, 2.75) is 18.8 Å². The van der Waals surface area contributed by atoms with Crippen molar-refractivity contribution in [2.75, 3.05) is 51.7 Å². The number of imide groups is 1. The molecule has 3 heterocycles. The Morgan fingerprint density at radius 1 is 0.811 bits per heavy atom. The van der Waals surface area contributed by atoms with Crippen LogP contribution < -0.4 is 4.90 Å². The summed E-state index contributed by atoms with van der Waals surface area (Å²) in [5.74, 6) is 0.681. The van der Waals surface area contributed by atoms with E-state index in [9.17, 15) is 9.59 Å². The number of likely N-dealkylation sites (N-methyl/N-ethyl adjacent to an activating group) is 2. The fraction of sp³-hybridized carbons (Fsp3) is 0.345. The maximum Gasteiger partial charge on any atom is 0.328 e. The van der Waals surface area contributed by atoms with Crippen LogP contribution in [0.15, 0.2) is 77.8 Å². The Morgan fingerprint density at radius 2 is 1.51 bits per heavy atom. The number of hydrogen-bond acceptors (Lipinski definition) is 6. The first-order chi connectivity index (χ1) is 18.0. The average Bonchev–Trinajstić information content (AvgIpc) is 3.29. The molecule has 3 aliphatic heterocycles. The van der Waals surface area contributed by atoms with Gasteiger partial charge in [-0.2, -0.15) is 0 Å². The maximum absolute atomic E-state index is 13.4. The van der Waals surface area contributed by atoms with E-state index in [1.807, 2.05) is 18.2 Å². The van der Waals surface area contributed by atoms with E-state index in [4.69, 9.17) is 4.99 Å². The number of para-hydroxylation sites is 1. The van der Waals surface area contributed by atoms with E-state index < -0.39 is 12.2 Å². The number of aliphatic imine (C=N–C) groups is 1. The van der Waals surface area contributed by atoms with Crippen LogP contribution in [0.25, 0.3) is 10.8 Å². The molecular weight excluding hydrogens is 464 g/mol. The van der Waals surface area contributed by atoms with E-state index in [1.54, 1.807) is 19.0 Å². The summed E-state index contributed by atoms with van der Waals surface area (Å²) in [4.78, 5) is 40.9. The minimum atomic E-state index is -0.521. The minimum absolute atomic E-state index is 0.194. The lowest BCUT2D eigenvalue weighted by Crippen LogP contribution is -2.64. The molecule has 8 nitrogen and oxygen atoms in total. The predicted molar refractivity (Wildman–Crippen MR) is 146 cm³/mol. The van der Waals surface area contributed by atoms with E-state index in [2.05, 4.69) is 69.3 Å². The number of amidine groups is 1. The van der Waals surface area contributed by atoms with Gasteiger partial charge in [-0.05, 0) is 28.5 Å². The Labute approximate surface area is 217 Å². The number of anilines is 1. The minimum Gasteiger partial charge on any atom is -0.369 e. The van der Waals surface area contributed by atoms with Gasteiger partial charge in [-0.3, -0.25) is 14.6 Å². The van der Waals surface area contributed by atoms with E-state index in [0.29, 0.717) is 13.1 Å². The summed E-state index contributed by atoms with van der Waals surface area (Å²) in [5.41, 5.74) is 2.40. The van der Waals surface area contributed by atoms with Crippen LogP contribution in [0.5, 0.6) is 0 Å². The molecule has 0 spiro atoms. The predicted octanol–water partition coefficient (Wildman–Crippen LogP) is 3.09. The van der Waals surface area contributed by atoms with Crippen LogP contribution >= 0.6 is 0 Å². The molecule has 37 heavy (non-hydrogen) atoms. The molecule has 0 aromatic heterocycles. The summed E-state index contributed by atoms with van der Waals surface area (Å²) in [5, 5.41) is 2.34. The van der Waals surface area contributed by atoms with Crippen molar-refractivity contribution in [1.82, 2.24) is 19.6 Å². The third kappa shape index (κ3) is 4.21. The number of carbonyl (C=O) groups excluding carboxylic acids is 2. The van der Waals surface area contributed by atoms with Crippen molar-refractivity contribution in [3.8, 4) is 0 Å². The van der Waals surface area contributed by atoms with Gasteiger partial charge in [-0.1, -0.05) is 60.7 Å². The Morgan fingerprint density at radius 3 is 2.30 bits per heavy atom. The summed E-state index contributed by atoms with van der Waals surface area (Å²) in [6.07, 6.45) is -0.508. The number of fused-ring (bicyclic) bond motifs is 2. The Bertz CT molecular complexity index is 1350. The molecule has 0 radical (unpaired) electrons. The monoisotopic (exact) mass is 496 g/mol. The van der Waals surface area contributed by atoms with E-state index >= 15 is 0 Å². The van der Waals surface area contributed by atoms with Gasteiger partial charge in [0.15, 0.2) is 12.2 Å². The maximum atomic E-state index is 13.4. The zero-order chi connectivity index (χ0) is 25.5. The fourth-order valence-corrected chi connectivity index (χ4v) is 5.76. The van der Waals surface area contributed by atoms with E-state index in [0.717, 1.165) is 37.6 Å². The Kier molecular flexibility index (Phi) is 6.04. The lowest BCUT2D eigenvalue weighted by atomic mass is 10.0. The second-order valence-corrected chi connectivity index (χ2v) is 10.1. The molecule has 2 atom stereocenters. The van der Waals surface area contributed by atoms with Crippen molar-refractivity contribution in [1.29, 1.82) is 0 Å². The molecule has 0 N–H and O–H groups in total. The first-order valence-corrected chi connectivity index (χ1v) is 12.9. The van der Waals surface area contributed by atoms with E-state index in [-0.39, 0.29) is 11.9 Å². The highest BCUT2D eigenvalue weighted by Gasteiger charge is 2.51. The van der Waals surface area contributed by atoms with Crippen molar-refractivity contribution < 1.29 is 9.59 Å². The molecule has 190 valence electrons. The molecular formula is C29H32N6O2. The standard InChI is InChI=1S/C29H32N6O2/c1-31-27-26(28(36)32(2)29(31)37)35(19-22-11-8-10-21-9-6-7-14-24(21)22)25(30-27)20-33-15-17-34(18-16-33)23-12-4-3-5-13-23/h3-14,26-27H,15-20H2,1-2H3. The molecule has 3 aromatic rings. The van der Waals surface area contributed by atoms with Gasteiger partial charge in [0.2, 0.25) is 0 Å². The highest BCUT2D eigenvalue weighted by Crippen LogP contribution is 2.31. The van der Waals surface area contributed by atoms with Crippen molar-refractivity contribution >= 4 is 34.2 Å². The van der Waals surface area contributed by atoms with Crippen LogP contribution in [0, 0.1) is 0 Å². The van der Waals surface area contributed by atoms with Gasteiger partial charge in [0.25, 0.3) is 5.91 Å². The molecule has 2 saturated heterocycles. The fourth-order valence-electron chi connectivity index (χ4n) is 5.76. The molecule has 2 fully saturated rings. The molecule has 3 amide bonds. The smallest absolute Gasteiger partial charge is 0.328 e. The third-order valence-corrected chi connectivity index (χ3v) is 7.88. The number of hydrogen-bond donors (Lipinski definition) is 0. The van der Waals surface area contributed by atoms with Crippen LogP contribution in [0.3, 0.4) is 0 Å². The number of benzene rings is 3. The summed E-state index contributed by atoms with van der Waals surface area (Å²) in [6.45, 7) is 4.91. The van der Waals surface area contributed by atoms with Crippen LogP contribution in [0.1, 0.15) is 5.56 Å². The first kappa shape index (κ1) is 23.5. The van der Waals surface area contributed by atoms with E-state index in [1.165, 1.54) is 21.4 Å². The van der Waals surface area contributed by atoms with Gasteiger partial charge < -0.3 is 14.7 Å². The van der Waals surface area contributed by atoms with Crippen molar-refractivity contribution in [3.05, 3.63) is 78.4 Å². The molecule has 3 aliphatic rings. The van der Waals surface area contributed by atoms with Gasteiger partial charge >= 0.3 is 6.03 Å². The number of nitrogens with zero attached hydrogens (tertiary/aromatic N) is 6. The molecule has 0 bridgehead atoms. The zero-order valence-corrected chi connectivity index (χ0v) is 21.3. The lowest BCUT2D eigenvalue weighted by Gasteiger charge is -2.41. The largest absolute Gasteiger partial charge is 0.369 e. The normalized spacial score (nSPS) is 22.6. The van der Waals surface area contributed by atoms with Crippen LogP contribution in [-0.2, 0) is 11.3 Å². The highest BCUT2D eigenvalue weighted by atomic mass is 16.2. The van der Waals surface area contributed by atoms with Gasteiger partial charge in [0.1, 0.15) is 5.84 Å². The second kappa shape index (κ2) is 9.52. The summed E-state index contributed by atoms with van der Waals surface area (Å²) in [7, 11) is 3.30. The number of rotatable bonds is 5. The number of urea groups is 1. The summed E-state index contributed by atoms with van der Waals surface area (Å²) in [6, 6.07) is 24.3. The van der Waals surface area contributed by atoms with Crippen molar-refractivity contribution in [3.63, 3.8) is 0 Å². The number of carbonyl (C=O) groups is 2. The Balaban J connectivity index is 1.27. The topological polar surface area (TPSA) is 62.7 Å². The number of piperazine rings is 1. The third-order valence-electron chi connectivity index (χ3n) is 7.88. The summed E-state index contributed by atoms with van der Waals surface area (Å²) >= 11 is 0. The van der Waals surface area contributed by atoms with Crippen LogP contribution in [0.4, 0.5) is 10.5 Å². The molecule has 0 saturated carbocycles. The Hall–Kier alpha value is -3.91. The molecule has 6 rings (SSSR count). The SMILES string of the molecule is CN1C(=O)C2C(N=C(CN3CCN(c4ccccc4)CC3)N2Cc2cccc3ccccc23)N(C)C1=O.